The van der Waals surface area contributed by atoms with Crippen LogP contribution in [0, 0.1) is 0 Å². The monoisotopic (exact) mass is 1240 g/mol. The summed E-state index contributed by atoms with van der Waals surface area (Å²) < 4.78 is 37.7. The Hall–Kier alpha value is -3.88. The lowest BCUT2D eigenvalue weighted by Gasteiger charge is -2.20. The largest absolute Gasteiger partial charge is 0.490 e. The summed E-state index contributed by atoms with van der Waals surface area (Å²) in [6, 6.07) is 4.87. The lowest BCUT2D eigenvalue weighted by atomic mass is 10.0. The Bertz CT molecular complexity index is 2030. The average Bonchev–Trinajstić information content (AvgIpc) is 3.14. The summed E-state index contributed by atoms with van der Waals surface area (Å²) in [4.78, 5) is 52.5. The number of aromatic amines is 1. The van der Waals surface area contributed by atoms with Gasteiger partial charge >= 0.3 is 17.6 Å². The number of H-pyrrole nitrogens is 1. The number of esters is 2. The van der Waals surface area contributed by atoms with E-state index in [-0.39, 0.29) is 19.4 Å². The number of ether oxygens (including phenoxy) is 6. The minimum atomic E-state index is -1.54. The zero-order chi connectivity index (χ0) is 63.2. The number of hydrogen-bond donors (Lipinski definition) is 3. The molecule has 4 atom stereocenters. The maximum absolute atomic E-state index is 13.3. The van der Waals surface area contributed by atoms with Crippen molar-refractivity contribution in [3.05, 3.63) is 50.8 Å². The predicted molar refractivity (Wildman–Crippen MR) is 359 cm³/mol. The molecule has 88 heavy (non-hydrogen) atoms. The fraction of sp³-hybridized carbons (Fsp3) is 0.838. The third-order valence-electron chi connectivity index (χ3n) is 17.7. The molecule has 0 radical (unpaired) electrons. The van der Waals surface area contributed by atoms with Crippen LogP contribution in [0.1, 0.15) is 354 Å². The standard InChI is InChI=1S/C74H130N2O12/c1-4-7-10-13-16-19-22-25-28-31-34-37-40-43-46-49-56-83-64-59-63(62-86-68(79)52-53-69(80)88-72-66(61-77)87-73(70(72)81)76-55-54-67(78)75-74(76)82)60-65(84-57-50-47-44-41-38-35-32-29-26-23-20-17-14-11-8-5-2)71(64)85-58-51-48-45-42-39-36-33-30-27-24-21-18-15-12-9-6-3/h54-55,59-60,66,70,72-73,77,81H,4-53,56-58,61-62H2,1-3H3,(H,75,78,82)/t66-,70-,72-,73-/m1/s1. The zero-order valence-corrected chi connectivity index (χ0v) is 56.4. The molecule has 0 unspecified atom stereocenters. The van der Waals surface area contributed by atoms with E-state index in [0.29, 0.717) is 42.6 Å². The fourth-order valence-corrected chi connectivity index (χ4v) is 12.1. The maximum atomic E-state index is 13.3. The van der Waals surface area contributed by atoms with Gasteiger partial charge in [0.2, 0.25) is 5.75 Å². The Morgan fingerprint density at radius 2 is 0.807 bits per heavy atom. The van der Waals surface area contributed by atoms with Crippen LogP contribution in [0.3, 0.4) is 0 Å². The molecule has 2 aromatic rings. The van der Waals surface area contributed by atoms with Crippen LogP contribution in [0.5, 0.6) is 17.2 Å². The minimum absolute atomic E-state index is 0.0878. The summed E-state index contributed by atoms with van der Waals surface area (Å²) in [5, 5.41) is 21.0. The molecule has 0 spiro atoms. The molecule has 1 aliphatic rings. The maximum Gasteiger partial charge on any atom is 0.330 e. The molecule has 1 aromatic carbocycles. The van der Waals surface area contributed by atoms with Crippen LogP contribution >= 0.6 is 0 Å². The molecule has 0 bridgehead atoms. The van der Waals surface area contributed by atoms with Crippen molar-refractivity contribution in [3.63, 3.8) is 0 Å². The number of unbranched alkanes of at least 4 members (excludes halogenated alkanes) is 45. The van der Waals surface area contributed by atoms with Crippen LogP contribution in [0.25, 0.3) is 0 Å². The van der Waals surface area contributed by atoms with Gasteiger partial charge in [-0.3, -0.25) is 23.9 Å². The van der Waals surface area contributed by atoms with Crippen molar-refractivity contribution in [1.82, 2.24) is 9.55 Å². The molecule has 1 aromatic heterocycles. The third-order valence-corrected chi connectivity index (χ3v) is 17.7. The van der Waals surface area contributed by atoms with Gasteiger partial charge in [0.05, 0.1) is 39.3 Å². The van der Waals surface area contributed by atoms with Crippen LogP contribution in [-0.2, 0) is 30.4 Å². The van der Waals surface area contributed by atoms with E-state index in [1.165, 1.54) is 270 Å². The highest BCUT2D eigenvalue weighted by Crippen LogP contribution is 2.40. The number of rotatable bonds is 62. The topological polar surface area (TPSA) is 185 Å². The molecule has 14 nitrogen and oxygen atoms in total. The molecule has 3 rings (SSSR count). The molecule has 0 saturated carbocycles. The van der Waals surface area contributed by atoms with Crippen molar-refractivity contribution in [3.8, 4) is 17.2 Å². The van der Waals surface area contributed by atoms with Crippen LogP contribution in [0.15, 0.2) is 34.0 Å². The van der Waals surface area contributed by atoms with Gasteiger partial charge in [-0.25, -0.2) is 4.79 Å². The van der Waals surface area contributed by atoms with Gasteiger partial charge in [-0.05, 0) is 37.0 Å². The number of aromatic nitrogens is 2. The van der Waals surface area contributed by atoms with E-state index in [1.807, 2.05) is 12.1 Å². The first kappa shape index (κ1) is 78.4. The summed E-state index contributed by atoms with van der Waals surface area (Å²) in [6.07, 6.45) is 57.4. The summed E-state index contributed by atoms with van der Waals surface area (Å²) >= 11 is 0. The predicted octanol–water partition coefficient (Wildman–Crippen LogP) is 19.1. The van der Waals surface area contributed by atoms with Gasteiger partial charge in [0, 0.05) is 12.3 Å². The van der Waals surface area contributed by atoms with E-state index in [1.54, 1.807) is 0 Å². The number of nitrogens with zero attached hydrogens (tertiary/aromatic N) is 1. The molecular formula is C74H130N2O12. The number of carbonyl (C=O) groups excluding carboxylic acids is 2. The quantitative estimate of drug-likeness (QED) is 0.0421. The Morgan fingerprint density at radius 3 is 1.15 bits per heavy atom. The summed E-state index contributed by atoms with van der Waals surface area (Å²) in [6.45, 7) is 7.73. The van der Waals surface area contributed by atoms with Crippen LogP contribution in [0.2, 0.25) is 0 Å². The summed E-state index contributed by atoms with van der Waals surface area (Å²) in [5.41, 5.74) is -0.790. The van der Waals surface area contributed by atoms with Crippen molar-refractivity contribution in [1.29, 1.82) is 0 Å². The molecule has 0 amide bonds. The normalized spacial score (nSPS) is 15.7. The fourth-order valence-electron chi connectivity index (χ4n) is 12.1. The van der Waals surface area contributed by atoms with E-state index < -0.39 is 54.3 Å². The van der Waals surface area contributed by atoms with E-state index >= 15 is 0 Å². The second kappa shape index (κ2) is 54.8. The van der Waals surface area contributed by atoms with Crippen molar-refractivity contribution < 1.29 is 48.2 Å². The van der Waals surface area contributed by atoms with Gasteiger partial charge in [0.1, 0.15) is 18.8 Å². The molecule has 0 aliphatic carbocycles. The number of aliphatic hydroxyl groups excluding tert-OH is 2. The molecule has 14 heteroatoms. The van der Waals surface area contributed by atoms with Gasteiger partial charge in [0.15, 0.2) is 23.8 Å². The van der Waals surface area contributed by atoms with Crippen LogP contribution in [-0.4, -0.2) is 76.4 Å². The Morgan fingerprint density at radius 1 is 0.477 bits per heavy atom. The van der Waals surface area contributed by atoms with E-state index in [0.717, 1.165) is 55.4 Å². The number of hydrogen-bond acceptors (Lipinski definition) is 12. The van der Waals surface area contributed by atoms with Gasteiger partial charge in [0.25, 0.3) is 5.56 Å². The average molecular weight is 1240 g/mol. The highest BCUT2D eigenvalue weighted by atomic mass is 16.6. The van der Waals surface area contributed by atoms with Crippen LogP contribution in [0.4, 0.5) is 0 Å². The van der Waals surface area contributed by atoms with Gasteiger partial charge in [-0.2, -0.15) is 0 Å². The zero-order valence-electron chi connectivity index (χ0n) is 56.4. The number of nitrogens with one attached hydrogen (secondary N) is 1. The van der Waals surface area contributed by atoms with Gasteiger partial charge in [-0.1, -0.05) is 310 Å². The molecule has 2 heterocycles. The van der Waals surface area contributed by atoms with E-state index in [2.05, 4.69) is 25.8 Å². The molecular weight excluding hydrogens is 1110 g/mol. The first-order valence-corrected chi connectivity index (χ1v) is 36.9. The highest BCUT2D eigenvalue weighted by molar-refractivity contribution is 5.77. The third kappa shape index (κ3) is 38.7. The number of carbonyl (C=O) groups is 2. The van der Waals surface area contributed by atoms with Gasteiger partial charge in [-0.15, -0.1) is 0 Å². The summed E-state index contributed by atoms with van der Waals surface area (Å²) in [5.74, 6) is 0.299. The van der Waals surface area contributed by atoms with Crippen molar-refractivity contribution in [2.45, 2.75) is 373 Å². The minimum Gasteiger partial charge on any atom is -0.490 e. The second-order valence-corrected chi connectivity index (χ2v) is 25.7. The van der Waals surface area contributed by atoms with Gasteiger partial charge < -0.3 is 38.6 Å². The number of aliphatic hydroxyl groups is 2. The van der Waals surface area contributed by atoms with E-state index in [9.17, 15) is 29.4 Å². The lowest BCUT2D eigenvalue weighted by Crippen LogP contribution is -2.40. The van der Waals surface area contributed by atoms with Crippen molar-refractivity contribution >= 4 is 11.9 Å². The Labute approximate surface area is 534 Å². The molecule has 1 fully saturated rings. The first-order chi connectivity index (χ1) is 43.2. The molecule has 3 N–H and O–H groups in total. The SMILES string of the molecule is CCCCCCCCCCCCCCCCCCOc1cc(COC(=O)CCC(=O)O[C@H]2[C@@H](O)[C@H](n3ccc(=O)[nH]c3=O)O[C@@H]2CO)cc(OCCCCCCCCCCCCCCCCCC)c1OCCCCCCCCCCCCCCCCCC. The van der Waals surface area contributed by atoms with Crippen molar-refractivity contribution in [2.24, 2.45) is 0 Å². The Balaban J connectivity index is 1.59. The molecule has 1 aliphatic heterocycles. The smallest absolute Gasteiger partial charge is 0.330 e. The first-order valence-electron chi connectivity index (χ1n) is 36.9. The second-order valence-electron chi connectivity index (χ2n) is 25.7. The molecule has 1 saturated heterocycles. The number of benzene rings is 1. The van der Waals surface area contributed by atoms with Crippen LogP contribution < -0.4 is 25.5 Å². The van der Waals surface area contributed by atoms with E-state index in [4.69, 9.17) is 28.4 Å². The summed E-state index contributed by atoms with van der Waals surface area (Å²) in [7, 11) is 0. The Kier molecular flexibility index (Phi) is 48.8. The van der Waals surface area contributed by atoms with Crippen molar-refractivity contribution in [2.75, 3.05) is 26.4 Å². The lowest BCUT2D eigenvalue weighted by molar-refractivity contribution is -0.159. The highest BCUT2D eigenvalue weighted by Gasteiger charge is 2.47. The molecule has 508 valence electrons.